The molecule has 1 aromatic rings. The van der Waals surface area contributed by atoms with Crippen molar-refractivity contribution in [2.45, 2.75) is 20.8 Å². The number of hydrogen-bond acceptors (Lipinski definition) is 4. The third kappa shape index (κ3) is 2.57. The lowest BCUT2D eigenvalue weighted by molar-refractivity contribution is -0.149. The zero-order valence-electron chi connectivity index (χ0n) is 11.3. The number of esters is 1. The first-order valence-electron chi connectivity index (χ1n) is 6.39. The van der Waals surface area contributed by atoms with Gasteiger partial charge in [0.05, 0.1) is 12.3 Å². The van der Waals surface area contributed by atoms with Crippen molar-refractivity contribution in [1.29, 1.82) is 0 Å². The number of rotatable bonds is 3. The Morgan fingerprint density at radius 1 is 1.42 bits per heavy atom. The second-order valence-corrected chi connectivity index (χ2v) is 4.70. The smallest absolute Gasteiger partial charge is 0.320 e. The Kier molecular flexibility index (Phi) is 3.79. The molecular formula is C15H17NO3. The number of Topliss-reactive ketones (excluding diaryl/α,β-unsaturated/α-hetero) is 1. The molecule has 1 heterocycles. The zero-order chi connectivity index (χ0) is 14.0. The van der Waals surface area contributed by atoms with Gasteiger partial charge in [-0.3, -0.25) is 14.6 Å². The van der Waals surface area contributed by atoms with Crippen LogP contribution in [0.1, 0.15) is 25.1 Å². The summed E-state index contributed by atoms with van der Waals surface area (Å²) in [6.45, 7) is 5.76. The summed E-state index contributed by atoms with van der Waals surface area (Å²) in [5.74, 6) is -1.69. The minimum atomic E-state index is -0.784. The summed E-state index contributed by atoms with van der Waals surface area (Å²) in [6.07, 6.45) is 3.44. The van der Waals surface area contributed by atoms with Gasteiger partial charge in [-0.15, -0.1) is 0 Å². The monoisotopic (exact) mass is 259 g/mol. The van der Waals surface area contributed by atoms with Crippen molar-refractivity contribution in [3.05, 3.63) is 35.7 Å². The van der Waals surface area contributed by atoms with Gasteiger partial charge in [-0.1, -0.05) is 19.1 Å². The van der Waals surface area contributed by atoms with Crippen molar-refractivity contribution in [3.63, 3.8) is 0 Å². The molecule has 1 aliphatic rings. The van der Waals surface area contributed by atoms with E-state index in [9.17, 15) is 9.59 Å². The molecule has 4 heteroatoms. The number of nitrogens with zero attached hydrogens (tertiary/aromatic N) is 1. The fourth-order valence-corrected chi connectivity index (χ4v) is 2.19. The molecule has 0 aliphatic heterocycles. The first-order valence-corrected chi connectivity index (χ1v) is 6.39. The summed E-state index contributed by atoms with van der Waals surface area (Å²) < 4.78 is 4.92. The van der Waals surface area contributed by atoms with Crippen LogP contribution in [0.3, 0.4) is 0 Å². The lowest BCUT2D eigenvalue weighted by Crippen LogP contribution is -2.24. The summed E-state index contributed by atoms with van der Waals surface area (Å²) in [4.78, 5) is 28.1. The van der Waals surface area contributed by atoms with E-state index in [1.807, 2.05) is 19.1 Å². The Balaban J connectivity index is 2.30. The molecule has 4 nitrogen and oxygen atoms in total. The Morgan fingerprint density at radius 2 is 2.16 bits per heavy atom. The van der Waals surface area contributed by atoms with Gasteiger partial charge >= 0.3 is 5.97 Å². The van der Waals surface area contributed by atoms with Crippen molar-refractivity contribution in [1.82, 2.24) is 4.98 Å². The van der Waals surface area contributed by atoms with Crippen LogP contribution < -0.4 is 0 Å². The third-order valence-electron chi connectivity index (χ3n) is 3.29. The number of aryl methyl sites for hydroxylation is 1. The summed E-state index contributed by atoms with van der Waals surface area (Å²) in [5, 5.41) is 0. The Bertz CT molecular complexity index is 531. The van der Waals surface area contributed by atoms with Crippen molar-refractivity contribution in [2.75, 3.05) is 6.61 Å². The number of ketones is 1. The molecule has 0 amide bonds. The molecule has 2 unspecified atom stereocenters. The molecular weight excluding hydrogens is 242 g/mol. The van der Waals surface area contributed by atoms with E-state index in [0.717, 1.165) is 16.8 Å². The lowest BCUT2D eigenvalue weighted by atomic mass is 9.98. The molecule has 0 N–H and O–H groups in total. The second-order valence-electron chi connectivity index (χ2n) is 4.70. The fraction of sp³-hybridized carbons (Fsp3) is 0.400. The van der Waals surface area contributed by atoms with Gasteiger partial charge in [-0.25, -0.2) is 0 Å². The van der Waals surface area contributed by atoms with Crippen LogP contribution in [0.25, 0.3) is 5.57 Å². The van der Waals surface area contributed by atoms with E-state index in [2.05, 4.69) is 4.98 Å². The largest absolute Gasteiger partial charge is 0.465 e. The molecule has 19 heavy (non-hydrogen) atoms. The SMILES string of the molecule is CCOC(=O)C1C=C(c2ccc(C)cn2)C(C)C1=O. The third-order valence-corrected chi connectivity index (χ3v) is 3.29. The van der Waals surface area contributed by atoms with E-state index in [4.69, 9.17) is 4.74 Å². The molecule has 0 aromatic carbocycles. The first kappa shape index (κ1) is 13.5. The van der Waals surface area contributed by atoms with Crippen LogP contribution in [-0.4, -0.2) is 23.3 Å². The molecule has 0 saturated heterocycles. The molecule has 1 aromatic heterocycles. The van der Waals surface area contributed by atoms with Gasteiger partial charge in [-0.2, -0.15) is 0 Å². The Labute approximate surface area is 112 Å². The Morgan fingerprint density at radius 3 is 2.74 bits per heavy atom. The van der Waals surface area contributed by atoms with Gasteiger partial charge < -0.3 is 4.74 Å². The highest BCUT2D eigenvalue weighted by Gasteiger charge is 2.38. The maximum atomic E-state index is 12.1. The number of aromatic nitrogens is 1. The molecule has 100 valence electrons. The van der Waals surface area contributed by atoms with E-state index in [-0.39, 0.29) is 18.3 Å². The van der Waals surface area contributed by atoms with Gasteiger partial charge in [0.15, 0.2) is 5.78 Å². The highest BCUT2D eigenvalue weighted by Crippen LogP contribution is 2.33. The minimum Gasteiger partial charge on any atom is -0.465 e. The van der Waals surface area contributed by atoms with Gasteiger partial charge in [0, 0.05) is 12.1 Å². The van der Waals surface area contributed by atoms with E-state index < -0.39 is 11.9 Å². The fourth-order valence-electron chi connectivity index (χ4n) is 2.19. The second kappa shape index (κ2) is 5.34. The maximum Gasteiger partial charge on any atom is 0.320 e. The van der Waals surface area contributed by atoms with Crippen LogP contribution >= 0.6 is 0 Å². The molecule has 0 radical (unpaired) electrons. The average Bonchev–Trinajstić information content (AvgIpc) is 2.68. The number of hydrogen-bond donors (Lipinski definition) is 0. The van der Waals surface area contributed by atoms with Gasteiger partial charge in [0.1, 0.15) is 5.92 Å². The highest BCUT2D eigenvalue weighted by atomic mass is 16.5. The number of carbonyl (C=O) groups excluding carboxylic acids is 2. The van der Waals surface area contributed by atoms with Crippen LogP contribution in [0, 0.1) is 18.8 Å². The minimum absolute atomic E-state index is 0.115. The molecule has 2 rings (SSSR count). The number of allylic oxidation sites excluding steroid dienone is 1. The first-order chi connectivity index (χ1) is 9.04. The van der Waals surface area contributed by atoms with Crippen LogP contribution in [0.15, 0.2) is 24.4 Å². The van der Waals surface area contributed by atoms with Gasteiger partial charge in [0.2, 0.25) is 0 Å². The van der Waals surface area contributed by atoms with Crippen molar-refractivity contribution < 1.29 is 14.3 Å². The van der Waals surface area contributed by atoms with E-state index in [1.54, 1.807) is 26.1 Å². The molecule has 0 saturated carbocycles. The van der Waals surface area contributed by atoms with E-state index in [1.165, 1.54) is 0 Å². The zero-order valence-corrected chi connectivity index (χ0v) is 11.3. The number of carbonyl (C=O) groups is 2. The van der Waals surface area contributed by atoms with Gasteiger partial charge in [0.25, 0.3) is 0 Å². The number of pyridine rings is 1. The molecule has 2 atom stereocenters. The van der Waals surface area contributed by atoms with Crippen LogP contribution in [0.5, 0.6) is 0 Å². The van der Waals surface area contributed by atoms with Crippen molar-refractivity contribution in [3.8, 4) is 0 Å². The Hall–Kier alpha value is -1.97. The normalized spacial score (nSPS) is 22.3. The van der Waals surface area contributed by atoms with E-state index >= 15 is 0 Å². The van der Waals surface area contributed by atoms with Crippen molar-refractivity contribution >= 4 is 17.3 Å². The highest BCUT2D eigenvalue weighted by molar-refractivity contribution is 6.11. The van der Waals surface area contributed by atoms with Crippen LogP contribution in [-0.2, 0) is 14.3 Å². The molecule has 0 bridgehead atoms. The average molecular weight is 259 g/mol. The standard InChI is InChI=1S/C15H17NO3/c1-4-19-15(18)12-7-11(10(3)14(12)17)13-6-5-9(2)8-16-13/h5-8,10,12H,4H2,1-3H3. The molecule has 0 fully saturated rings. The van der Waals surface area contributed by atoms with Gasteiger partial charge in [-0.05, 0) is 31.1 Å². The lowest BCUT2D eigenvalue weighted by Gasteiger charge is -2.08. The predicted molar refractivity (Wildman–Crippen MR) is 71.2 cm³/mol. The van der Waals surface area contributed by atoms with Crippen LogP contribution in [0.4, 0.5) is 0 Å². The topological polar surface area (TPSA) is 56.3 Å². The molecule has 0 spiro atoms. The summed E-state index contributed by atoms with van der Waals surface area (Å²) >= 11 is 0. The number of ether oxygens (including phenoxy) is 1. The molecule has 1 aliphatic carbocycles. The van der Waals surface area contributed by atoms with Crippen molar-refractivity contribution in [2.24, 2.45) is 11.8 Å². The van der Waals surface area contributed by atoms with Crippen LogP contribution in [0.2, 0.25) is 0 Å². The quantitative estimate of drug-likeness (QED) is 0.616. The summed E-state index contributed by atoms with van der Waals surface area (Å²) in [5.41, 5.74) is 2.62. The van der Waals surface area contributed by atoms with E-state index in [0.29, 0.717) is 0 Å². The predicted octanol–water partition coefficient (Wildman–Crippen LogP) is 2.17. The summed E-state index contributed by atoms with van der Waals surface area (Å²) in [6, 6.07) is 3.82. The summed E-state index contributed by atoms with van der Waals surface area (Å²) in [7, 11) is 0. The maximum absolute atomic E-state index is 12.1.